The predicted molar refractivity (Wildman–Crippen MR) is 195 cm³/mol. The molecule has 2 heterocycles. The molecule has 2 aliphatic rings. The highest BCUT2D eigenvalue weighted by Gasteiger charge is 2.31. The topological polar surface area (TPSA) is 68.6 Å². The van der Waals surface area contributed by atoms with Gasteiger partial charge in [0.1, 0.15) is 5.75 Å². The Hall–Kier alpha value is -3.62. The van der Waals surface area contributed by atoms with Crippen molar-refractivity contribution in [3.63, 3.8) is 0 Å². The first-order valence-corrected chi connectivity index (χ1v) is 17.5. The SMILES string of the molecule is Cc1ccc(NC(=O)C2=C(CCCOc3cc(C)c(Cl)c(C)c3)c3ccc(Cl)c(-c4c(C)nn(CCN5CCOCC5)c4C)c3C2)cc1. The van der Waals surface area contributed by atoms with Gasteiger partial charge in [-0.1, -0.05) is 47.0 Å². The minimum Gasteiger partial charge on any atom is -0.494 e. The molecule has 7 nitrogen and oxygen atoms in total. The van der Waals surface area contributed by atoms with Gasteiger partial charge < -0.3 is 14.8 Å². The highest BCUT2D eigenvalue weighted by molar-refractivity contribution is 6.34. The van der Waals surface area contributed by atoms with E-state index in [-0.39, 0.29) is 5.91 Å². The van der Waals surface area contributed by atoms with Crippen LogP contribution in [-0.2, 0) is 22.5 Å². The summed E-state index contributed by atoms with van der Waals surface area (Å²) in [6, 6.07) is 15.9. The number of allylic oxidation sites excluding steroid dienone is 1. The maximum absolute atomic E-state index is 14.0. The third kappa shape index (κ3) is 7.35. The average Bonchev–Trinajstić information content (AvgIpc) is 3.58. The van der Waals surface area contributed by atoms with Crippen LogP contribution < -0.4 is 10.1 Å². The summed E-state index contributed by atoms with van der Waals surface area (Å²) in [6.45, 7) is 15.8. The molecule has 0 bridgehead atoms. The summed E-state index contributed by atoms with van der Waals surface area (Å²) >= 11 is 13.4. The number of hydrogen-bond acceptors (Lipinski definition) is 5. The molecule has 1 fully saturated rings. The molecule has 252 valence electrons. The second-order valence-corrected chi connectivity index (χ2v) is 13.7. The monoisotopic (exact) mass is 686 g/mol. The average molecular weight is 688 g/mol. The maximum atomic E-state index is 14.0. The van der Waals surface area contributed by atoms with Crippen molar-refractivity contribution in [2.45, 2.75) is 60.4 Å². The number of morpholine rings is 1. The van der Waals surface area contributed by atoms with Crippen molar-refractivity contribution < 1.29 is 14.3 Å². The molecule has 9 heteroatoms. The molecular formula is C39H44Cl2N4O3. The lowest BCUT2D eigenvalue weighted by Gasteiger charge is -2.26. The zero-order valence-corrected chi connectivity index (χ0v) is 30.0. The molecule has 1 aliphatic carbocycles. The van der Waals surface area contributed by atoms with Gasteiger partial charge in [-0.25, -0.2) is 0 Å². The fourth-order valence-electron chi connectivity index (χ4n) is 6.91. The number of nitrogens with one attached hydrogen (secondary N) is 1. The molecule has 0 spiro atoms. The Labute approximate surface area is 293 Å². The molecule has 3 aromatic carbocycles. The van der Waals surface area contributed by atoms with E-state index in [1.807, 2.05) is 63.2 Å². The van der Waals surface area contributed by atoms with E-state index in [9.17, 15) is 4.79 Å². The Morgan fingerprint density at radius 1 is 0.938 bits per heavy atom. The molecule has 1 aliphatic heterocycles. The van der Waals surface area contributed by atoms with Gasteiger partial charge in [0.05, 0.1) is 32.1 Å². The summed E-state index contributed by atoms with van der Waals surface area (Å²) in [5.74, 6) is 0.713. The van der Waals surface area contributed by atoms with Crippen LogP contribution in [0, 0.1) is 34.6 Å². The molecular weight excluding hydrogens is 643 g/mol. The Balaban J connectivity index is 1.29. The maximum Gasteiger partial charge on any atom is 0.252 e. The first kappa shape index (κ1) is 34.3. The smallest absolute Gasteiger partial charge is 0.252 e. The predicted octanol–water partition coefficient (Wildman–Crippen LogP) is 8.54. The number of carbonyl (C=O) groups is 1. The standard InChI is InChI=1S/C39H44Cl2N4O3/c1-24-8-10-29(11-9-24)42-39(46)34-23-33-32(31(34)7-6-18-48-30-21-25(2)38(41)26(3)22-30)12-13-35(40)37(33)36-27(4)43-45(28(36)5)15-14-44-16-19-47-20-17-44/h8-13,21-22H,6-7,14-20,23H2,1-5H3,(H,42,46). The van der Waals surface area contributed by atoms with Crippen molar-refractivity contribution in [2.75, 3.05) is 44.8 Å². The molecule has 1 amide bonds. The number of anilines is 1. The van der Waals surface area contributed by atoms with E-state index in [0.717, 1.165) is 124 Å². The fraction of sp³-hybridized carbons (Fsp3) is 0.385. The van der Waals surface area contributed by atoms with Gasteiger partial charge in [-0.15, -0.1) is 0 Å². The van der Waals surface area contributed by atoms with Crippen LogP contribution in [-0.4, -0.2) is 60.0 Å². The van der Waals surface area contributed by atoms with Crippen LogP contribution in [0.4, 0.5) is 5.69 Å². The molecule has 1 aromatic heterocycles. The van der Waals surface area contributed by atoms with Crippen LogP contribution in [0.1, 0.15) is 52.0 Å². The number of fused-ring (bicyclic) bond motifs is 1. The zero-order valence-electron chi connectivity index (χ0n) is 28.5. The quantitative estimate of drug-likeness (QED) is 0.160. The summed E-state index contributed by atoms with van der Waals surface area (Å²) < 4.78 is 13.8. The molecule has 1 saturated heterocycles. The van der Waals surface area contributed by atoms with E-state index in [0.29, 0.717) is 24.5 Å². The lowest BCUT2D eigenvalue weighted by molar-refractivity contribution is -0.112. The van der Waals surface area contributed by atoms with Crippen molar-refractivity contribution in [3.05, 3.63) is 103 Å². The molecule has 1 N–H and O–H groups in total. The Kier molecular flexibility index (Phi) is 10.6. The third-order valence-corrected chi connectivity index (χ3v) is 10.4. The normalized spacial score (nSPS) is 14.8. The number of aryl methyl sites for hydroxylation is 4. The Morgan fingerprint density at radius 2 is 1.65 bits per heavy atom. The molecule has 48 heavy (non-hydrogen) atoms. The molecule has 0 unspecified atom stereocenters. The van der Waals surface area contributed by atoms with Crippen LogP contribution >= 0.6 is 23.2 Å². The number of nitrogens with zero attached hydrogens (tertiary/aromatic N) is 3. The van der Waals surface area contributed by atoms with Gasteiger partial charge in [-0.2, -0.15) is 5.10 Å². The van der Waals surface area contributed by atoms with E-state index in [1.54, 1.807) is 0 Å². The molecule has 6 rings (SSSR count). The number of carbonyl (C=O) groups excluding carboxylic acids is 1. The summed E-state index contributed by atoms with van der Waals surface area (Å²) in [5, 5.41) is 9.55. The first-order chi connectivity index (χ1) is 23.1. The molecule has 0 atom stereocenters. The van der Waals surface area contributed by atoms with Gasteiger partial charge in [0.25, 0.3) is 5.91 Å². The van der Waals surface area contributed by atoms with Crippen LogP contribution in [0.25, 0.3) is 16.7 Å². The fourth-order valence-corrected chi connectivity index (χ4v) is 7.29. The van der Waals surface area contributed by atoms with Gasteiger partial charge in [0.15, 0.2) is 0 Å². The van der Waals surface area contributed by atoms with E-state index in [4.69, 9.17) is 37.8 Å². The molecule has 0 radical (unpaired) electrons. The minimum atomic E-state index is -0.0911. The van der Waals surface area contributed by atoms with Crippen LogP contribution in [0.2, 0.25) is 10.0 Å². The van der Waals surface area contributed by atoms with E-state index < -0.39 is 0 Å². The number of amides is 1. The van der Waals surface area contributed by atoms with Gasteiger partial charge in [-0.05, 0) is 106 Å². The number of ether oxygens (including phenoxy) is 2. The van der Waals surface area contributed by atoms with E-state index in [1.165, 1.54) is 0 Å². The van der Waals surface area contributed by atoms with Crippen molar-refractivity contribution >= 4 is 40.4 Å². The largest absolute Gasteiger partial charge is 0.494 e. The van der Waals surface area contributed by atoms with Gasteiger partial charge >= 0.3 is 0 Å². The van der Waals surface area contributed by atoms with E-state index >= 15 is 0 Å². The molecule has 0 saturated carbocycles. The highest BCUT2D eigenvalue weighted by Crippen LogP contribution is 2.46. The summed E-state index contributed by atoms with van der Waals surface area (Å²) in [7, 11) is 0. The van der Waals surface area contributed by atoms with Crippen LogP contribution in [0.5, 0.6) is 5.75 Å². The molecule has 4 aromatic rings. The number of halogens is 2. The number of benzene rings is 3. The summed E-state index contributed by atoms with van der Waals surface area (Å²) in [6.07, 6.45) is 1.92. The third-order valence-electron chi connectivity index (χ3n) is 9.50. The van der Waals surface area contributed by atoms with Gasteiger partial charge in [0, 0.05) is 64.2 Å². The van der Waals surface area contributed by atoms with Crippen molar-refractivity contribution in [2.24, 2.45) is 0 Å². The first-order valence-electron chi connectivity index (χ1n) is 16.8. The van der Waals surface area contributed by atoms with E-state index in [2.05, 4.69) is 34.8 Å². The van der Waals surface area contributed by atoms with Gasteiger partial charge in [0.2, 0.25) is 0 Å². The number of rotatable bonds is 11. The van der Waals surface area contributed by atoms with Crippen LogP contribution in [0.15, 0.2) is 54.1 Å². The highest BCUT2D eigenvalue weighted by atomic mass is 35.5. The van der Waals surface area contributed by atoms with Crippen molar-refractivity contribution in [1.29, 1.82) is 0 Å². The van der Waals surface area contributed by atoms with Crippen molar-refractivity contribution in [1.82, 2.24) is 14.7 Å². The Morgan fingerprint density at radius 3 is 2.35 bits per heavy atom. The second-order valence-electron chi connectivity index (χ2n) is 12.9. The summed E-state index contributed by atoms with van der Waals surface area (Å²) in [4.78, 5) is 16.4. The number of aromatic nitrogens is 2. The second kappa shape index (κ2) is 14.9. The van der Waals surface area contributed by atoms with Gasteiger partial charge in [-0.3, -0.25) is 14.4 Å². The lowest BCUT2D eigenvalue weighted by atomic mass is 9.93. The Bertz CT molecular complexity index is 1830. The van der Waals surface area contributed by atoms with Crippen LogP contribution in [0.3, 0.4) is 0 Å². The van der Waals surface area contributed by atoms with Crippen molar-refractivity contribution in [3.8, 4) is 16.9 Å². The minimum absolute atomic E-state index is 0.0911. The summed E-state index contributed by atoms with van der Waals surface area (Å²) in [5.41, 5.74) is 11.9. The lowest BCUT2D eigenvalue weighted by Crippen LogP contribution is -2.38. The number of hydrogen-bond donors (Lipinski definition) is 1. The zero-order chi connectivity index (χ0) is 33.9.